The molecule has 0 unspecified atom stereocenters. The molecule has 9 heteroatoms. The number of benzene rings is 2. The van der Waals surface area contributed by atoms with E-state index < -0.39 is 0 Å². The van der Waals surface area contributed by atoms with Gasteiger partial charge in [-0.25, -0.2) is 10.4 Å². The van der Waals surface area contributed by atoms with Crippen LogP contribution >= 0.6 is 23.1 Å². The number of carbonyl (C=O) groups excluding carboxylic acids is 1. The van der Waals surface area contributed by atoms with Crippen LogP contribution in [0.15, 0.2) is 51.9 Å². The third kappa shape index (κ3) is 5.22. The molecule has 0 spiro atoms. The van der Waals surface area contributed by atoms with Gasteiger partial charge in [-0.15, -0.1) is 11.3 Å². The van der Waals surface area contributed by atoms with Crippen LogP contribution in [0.2, 0.25) is 0 Å². The number of para-hydroxylation sites is 1. The van der Waals surface area contributed by atoms with E-state index in [0.717, 1.165) is 20.1 Å². The summed E-state index contributed by atoms with van der Waals surface area (Å²) in [6.45, 7) is -0.0633. The third-order valence-corrected chi connectivity index (χ3v) is 5.66. The first-order valence-corrected chi connectivity index (χ1v) is 9.98. The van der Waals surface area contributed by atoms with Crippen LogP contribution < -0.4 is 14.9 Å². The fourth-order valence-electron chi connectivity index (χ4n) is 2.24. The fraction of sp³-hybridized carbons (Fsp3) is 0.158. The van der Waals surface area contributed by atoms with E-state index in [0.29, 0.717) is 11.5 Å². The number of rotatable bonds is 8. The smallest absolute Gasteiger partial charge is 0.250 e. The highest BCUT2D eigenvalue weighted by Crippen LogP contribution is 2.29. The number of fused-ring (bicyclic) bond motifs is 1. The molecule has 1 amide bonds. The molecule has 28 heavy (non-hydrogen) atoms. The Bertz CT molecular complexity index is 1010. The Hall–Kier alpha value is -3.09. The zero-order valence-electron chi connectivity index (χ0n) is 14.9. The Balaban J connectivity index is 1.52. The van der Waals surface area contributed by atoms with Gasteiger partial charge in [-0.3, -0.25) is 4.79 Å². The topological polar surface area (TPSA) is 96.6 Å². The molecule has 0 atom stereocenters. The van der Waals surface area contributed by atoms with E-state index in [1.54, 1.807) is 29.5 Å². The largest absolute Gasteiger partial charge is 0.493 e. The number of nitriles is 1. The molecule has 142 valence electrons. The lowest BCUT2D eigenvalue weighted by Gasteiger charge is -2.08. The summed E-state index contributed by atoms with van der Waals surface area (Å²) < 4.78 is 12.4. The molecule has 0 saturated heterocycles. The van der Waals surface area contributed by atoms with Crippen molar-refractivity contribution in [2.24, 2.45) is 5.10 Å². The van der Waals surface area contributed by atoms with Crippen LogP contribution in [0.25, 0.3) is 10.2 Å². The van der Waals surface area contributed by atoms with Crippen LogP contribution in [0.1, 0.15) is 5.56 Å². The maximum absolute atomic E-state index is 12.0. The molecule has 0 saturated carbocycles. The lowest BCUT2D eigenvalue weighted by atomic mass is 10.2. The quantitative estimate of drug-likeness (QED) is 0.346. The Kier molecular flexibility index (Phi) is 6.84. The molecule has 0 aliphatic rings. The number of thioether (sulfide) groups is 1. The minimum Gasteiger partial charge on any atom is -0.493 e. The summed E-state index contributed by atoms with van der Waals surface area (Å²) in [5.41, 5.74) is 4.15. The van der Waals surface area contributed by atoms with E-state index >= 15 is 0 Å². The van der Waals surface area contributed by atoms with Gasteiger partial charge < -0.3 is 9.47 Å². The Morgan fingerprint density at radius 1 is 1.36 bits per heavy atom. The number of nitrogens with zero attached hydrogens (tertiary/aromatic N) is 3. The van der Waals surface area contributed by atoms with Crippen LogP contribution in [0.3, 0.4) is 0 Å². The zero-order chi connectivity index (χ0) is 19.8. The van der Waals surface area contributed by atoms with E-state index in [1.807, 2.05) is 30.3 Å². The van der Waals surface area contributed by atoms with Gasteiger partial charge in [-0.1, -0.05) is 23.9 Å². The van der Waals surface area contributed by atoms with Crippen molar-refractivity contribution in [2.45, 2.75) is 4.34 Å². The Morgan fingerprint density at radius 2 is 2.21 bits per heavy atom. The predicted octanol–water partition coefficient (Wildman–Crippen LogP) is 3.45. The fourth-order valence-corrected chi connectivity index (χ4v) is 4.11. The number of hydrogen-bond donors (Lipinski definition) is 1. The number of hydrogen-bond acceptors (Lipinski definition) is 8. The van der Waals surface area contributed by atoms with Crippen molar-refractivity contribution >= 4 is 45.4 Å². The summed E-state index contributed by atoms with van der Waals surface area (Å²) in [6.07, 6.45) is 1.51. The Labute approximate surface area is 170 Å². The van der Waals surface area contributed by atoms with Gasteiger partial charge in [0.15, 0.2) is 22.4 Å². The molecule has 0 aliphatic carbocycles. The molecule has 0 bridgehead atoms. The van der Waals surface area contributed by atoms with Gasteiger partial charge in [0, 0.05) is 0 Å². The summed E-state index contributed by atoms with van der Waals surface area (Å²) in [7, 11) is 1.51. The standard InChI is InChI=1S/C19H16N4O3S2/c1-25-16-10-13(6-7-15(16)26-9-8-20)11-21-23-18(24)12-27-19-22-14-4-2-3-5-17(14)28-19/h2-7,10-11H,9,12H2,1H3,(H,23,24)/b21-11-. The van der Waals surface area contributed by atoms with Crippen molar-refractivity contribution in [3.05, 3.63) is 48.0 Å². The van der Waals surface area contributed by atoms with Crippen LogP contribution in [0, 0.1) is 11.3 Å². The van der Waals surface area contributed by atoms with E-state index in [-0.39, 0.29) is 18.3 Å². The molecule has 0 radical (unpaired) electrons. The van der Waals surface area contributed by atoms with Crippen molar-refractivity contribution < 1.29 is 14.3 Å². The van der Waals surface area contributed by atoms with Gasteiger partial charge in [-0.05, 0) is 35.9 Å². The lowest BCUT2D eigenvalue weighted by molar-refractivity contribution is -0.118. The average molecular weight is 412 g/mol. The number of ether oxygens (including phenoxy) is 2. The van der Waals surface area contributed by atoms with Gasteiger partial charge in [-0.2, -0.15) is 10.4 Å². The second kappa shape index (κ2) is 9.73. The highest BCUT2D eigenvalue weighted by Gasteiger charge is 2.07. The average Bonchev–Trinajstić information content (AvgIpc) is 3.14. The number of aromatic nitrogens is 1. The zero-order valence-corrected chi connectivity index (χ0v) is 16.5. The molecule has 1 heterocycles. The highest BCUT2D eigenvalue weighted by molar-refractivity contribution is 8.01. The first kappa shape index (κ1) is 19.7. The van der Waals surface area contributed by atoms with Gasteiger partial charge >= 0.3 is 0 Å². The molecule has 3 rings (SSSR count). The third-order valence-electron chi connectivity index (χ3n) is 3.48. The first-order valence-electron chi connectivity index (χ1n) is 8.17. The second-order valence-corrected chi connectivity index (χ2v) is 7.64. The summed E-state index contributed by atoms with van der Waals surface area (Å²) in [5.74, 6) is 0.956. The van der Waals surface area contributed by atoms with Crippen molar-refractivity contribution in [3.8, 4) is 17.6 Å². The summed E-state index contributed by atoms with van der Waals surface area (Å²) in [4.78, 5) is 16.5. The first-order chi connectivity index (χ1) is 13.7. The van der Waals surface area contributed by atoms with Crippen LogP contribution in [-0.2, 0) is 4.79 Å². The number of amides is 1. The lowest BCUT2D eigenvalue weighted by Crippen LogP contribution is -2.19. The number of hydrazone groups is 1. The van der Waals surface area contributed by atoms with Crippen molar-refractivity contribution in [1.82, 2.24) is 10.4 Å². The minimum absolute atomic E-state index is 0.0633. The van der Waals surface area contributed by atoms with Crippen LogP contribution in [-0.4, -0.2) is 36.6 Å². The predicted molar refractivity (Wildman–Crippen MR) is 110 cm³/mol. The van der Waals surface area contributed by atoms with E-state index in [4.69, 9.17) is 14.7 Å². The SMILES string of the molecule is COc1cc(/C=N\NC(=O)CSc2nc3ccccc3s2)ccc1OCC#N. The molecule has 1 N–H and O–H groups in total. The van der Waals surface area contributed by atoms with E-state index in [9.17, 15) is 4.79 Å². The van der Waals surface area contributed by atoms with Gasteiger partial charge in [0.1, 0.15) is 6.07 Å². The van der Waals surface area contributed by atoms with Crippen molar-refractivity contribution in [1.29, 1.82) is 5.26 Å². The molecule has 2 aromatic carbocycles. The van der Waals surface area contributed by atoms with Crippen LogP contribution in [0.4, 0.5) is 0 Å². The maximum atomic E-state index is 12.0. The normalized spacial score (nSPS) is 10.7. The number of nitrogens with one attached hydrogen (secondary N) is 1. The van der Waals surface area contributed by atoms with Gasteiger partial charge in [0.25, 0.3) is 5.91 Å². The molecular weight excluding hydrogens is 396 g/mol. The maximum Gasteiger partial charge on any atom is 0.250 e. The molecule has 0 aliphatic heterocycles. The van der Waals surface area contributed by atoms with Crippen molar-refractivity contribution in [2.75, 3.05) is 19.5 Å². The molecule has 7 nitrogen and oxygen atoms in total. The molecule has 3 aromatic rings. The number of carbonyl (C=O) groups is 1. The summed E-state index contributed by atoms with van der Waals surface area (Å²) in [5, 5.41) is 12.5. The van der Waals surface area contributed by atoms with Gasteiger partial charge in [0.05, 0.1) is 29.3 Å². The van der Waals surface area contributed by atoms with E-state index in [2.05, 4.69) is 15.5 Å². The second-order valence-electron chi connectivity index (χ2n) is 5.39. The minimum atomic E-state index is -0.221. The van der Waals surface area contributed by atoms with E-state index in [1.165, 1.54) is 25.1 Å². The monoisotopic (exact) mass is 412 g/mol. The van der Waals surface area contributed by atoms with Crippen LogP contribution in [0.5, 0.6) is 11.5 Å². The molecule has 0 fully saturated rings. The number of thiazole rings is 1. The summed E-state index contributed by atoms with van der Waals surface area (Å²) >= 11 is 2.93. The number of methoxy groups -OCH3 is 1. The van der Waals surface area contributed by atoms with Crippen molar-refractivity contribution in [3.63, 3.8) is 0 Å². The highest BCUT2D eigenvalue weighted by atomic mass is 32.2. The van der Waals surface area contributed by atoms with Gasteiger partial charge in [0.2, 0.25) is 0 Å². The molecule has 1 aromatic heterocycles. The summed E-state index contributed by atoms with van der Waals surface area (Å²) in [6, 6.07) is 14.9. The Morgan fingerprint density at radius 3 is 3.00 bits per heavy atom. The molecular formula is C19H16N4O3S2.